The number of piperidine rings is 1. The van der Waals surface area contributed by atoms with Crippen LogP contribution in [0.1, 0.15) is 30.7 Å². The summed E-state index contributed by atoms with van der Waals surface area (Å²) in [5, 5.41) is 5.47. The highest BCUT2D eigenvalue weighted by atomic mass is 35.5. The smallest absolute Gasteiger partial charge is 0.0893 e. The third-order valence-electron chi connectivity index (χ3n) is 2.59. The van der Waals surface area contributed by atoms with Crippen molar-refractivity contribution < 1.29 is 4.74 Å². The summed E-state index contributed by atoms with van der Waals surface area (Å²) >= 11 is 1.77. The van der Waals surface area contributed by atoms with Crippen molar-refractivity contribution in [1.29, 1.82) is 0 Å². The van der Waals surface area contributed by atoms with Gasteiger partial charge in [-0.2, -0.15) is 0 Å². The molecule has 1 aliphatic rings. The van der Waals surface area contributed by atoms with Crippen LogP contribution < -0.4 is 5.32 Å². The lowest BCUT2D eigenvalue weighted by Gasteiger charge is -2.26. The molecule has 1 fully saturated rings. The van der Waals surface area contributed by atoms with Gasteiger partial charge in [-0.25, -0.2) is 0 Å². The first-order chi connectivity index (χ1) is 6.86. The minimum absolute atomic E-state index is 0. The van der Waals surface area contributed by atoms with E-state index in [1.54, 1.807) is 11.3 Å². The molecule has 0 saturated carbocycles. The van der Waals surface area contributed by atoms with Crippen molar-refractivity contribution >= 4 is 23.7 Å². The van der Waals surface area contributed by atoms with Gasteiger partial charge in [0.2, 0.25) is 0 Å². The molecule has 15 heavy (non-hydrogen) atoms. The first-order valence-electron chi connectivity index (χ1n) is 5.26. The van der Waals surface area contributed by atoms with Crippen molar-refractivity contribution in [3.05, 3.63) is 22.4 Å². The van der Waals surface area contributed by atoms with Gasteiger partial charge in [0.05, 0.1) is 12.2 Å². The van der Waals surface area contributed by atoms with Crippen LogP contribution >= 0.6 is 23.7 Å². The van der Waals surface area contributed by atoms with Crippen molar-refractivity contribution in [1.82, 2.24) is 5.32 Å². The van der Waals surface area contributed by atoms with Crippen LogP contribution in [0.4, 0.5) is 0 Å². The molecular formula is C11H18ClNOS. The van der Waals surface area contributed by atoms with Crippen molar-refractivity contribution in [3.8, 4) is 0 Å². The Morgan fingerprint density at radius 3 is 3.07 bits per heavy atom. The Hall–Kier alpha value is -0.0900. The summed E-state index contributed by atoms with van der Waals surface area (Å²) in [6.45, 7) is 4.30. The largest absolute Gasteiger partial charge is 0.368 e. The topological polar surface area (TPSA) is 21.3 Å². The molecule has 2 nitrogen and oxygen atoms in total. The second kappa shape index (κ2) is 6.48. The molecule has 0 spiro atoms. The summed E-state index contributed by atoms with van der Waals surface area (Å²) < 4.78 is 5.98. The van der Waals surface area contributed by atoms with Crippen molar-refractivity contribution in [2.75, 3.05) is 13.1 Å². The molecule has 0 bridgehead atoms. The molecule has 0 radical (unpaired) electrons. The SMILES string of the molecule is CC(O[C@H]1CCCNC1)c1cccs1.Cl. The highest BCUT2D eigenvalue weighted by Crippen LogP contribution is 2.24. The van der Waals surface area contributed by atoms with Crippen LogP contribution in [0.2, 0.25) is 0 Å². The molecule has 1 aliphatic heterocycles. The normalized spacial score (nSPS) is 23.1. The number of rotatable bonds is 3. The van der Waals surface area contributed by atoms with Crippen molar-refractivity contribution in [2.45, 2.75) is 32.0 Å². The summed E-state index contributed by atoms with van der Waals surface area (Å²) in [5.74, 6) is 0. The van der Waals surface area contributed by atoms with E-state index in [4.69, 9.17) is 4.74 Å². The quantitative estimate of drug-likeness (QED) is 0.887. The van der Waals surface area contributed by atoms with Crippen LogP contribution in [0.25, 0.3) is 0 Å². The average molecular weight is 248 g/mol. The zero-order valence-electron chi connectivity index (χ0n) is 8.94. The van der Waals surface area contributed by atoms with Gasteiger partial charge in [0, 0.05) is 11.4 Å². The van der Waals surface area contributed by atoms with Crippen LogP contribution in [-0.4, -0.2) is 19.2 Å². The number of hydrogen-bond acceptors (Lipinski definition) is 3. The molecule has 0 amide bonds. The van der Waals surface area contributed by atoms with E-state index in [1.807, 2.05) is 0 Å². The lowest BCUT2D eigenvalue weighted by molar-refractivity contribution is -0.0133. The van der Waals surface area contributed by atoms with E-state index in [9.17, 15) is 0 Å². The zero-order valence-corrected chi connectivity index (χ0v) is 10.6. The Bertz CT molecular complexity index is 260. The van der Waals surface area contributed by atoms with E-state index < -0.39 is 0 Å². The number of ether oxygens (including phenoxy) is 1. The molecule has 2 atom stereocenters. The van der Waals surface area contributed by atoms with Crippen molar-refractivity contribution in [2.24, 2.45) is 0 Å². The third-order valence-corrected chi connectivity index (χ3v) is 3.63. The predicted molar refractivity (Wildman–Crippen MR) is 67.0 cm³/mol. The van der Waals surface area contributed by atoms with E-state index in [2.05, 4.69) is 29.8 Å². The average Bonchev–Trinajstić information content (AvgIpc) is 2.72. The summed E-state index contributed by atoms with van der Waals surface area (Å²) in [6.07, 6.45) is 3.09. The van der Waals surface area contributed by atoms with Gasteiger partial charge in [-0.1, -0.05) is 6.07 Å². The molecular weight excluding hydrogens is 230 g/mol. The fourth-order valence-electron chi connectivity index (χ4n) is 1.81. The molecule has 1 unspecified atom stereocenters. The van der Waals surface area contributed by atoms with E-state index in [-0.39, 0.29) is 18.5 Å². The van der Waals surface area contributed by atoms with Crippen LogP contribution in [0.3, 0.4) is 0 Å². The summed E-state index contributed by atoms with van der Waals surface area (Å²) in [7, 11) is 0. The first-order valence-corrected chi connectivity index (χ1v) is 6.14. The second-order valence-electron chi connectivity index (χ2n) is 3.76. The highest BCUT2D eigenvalue weighted by molar-refractivity contribution is 7.10. The van der Waals surface area contributed by atoms with Crippen LogP contribution in [0.15, 0.2) is 17.5 Å². The molecule has 1 aromatic rings. The standard InChI is InChI=1S/C11H17NOS.ClH/c1-9(11-5-3-7-14-11)13-10-4-2-6-12-8-10;/h3,5,7,9-10,12H,2,4,6,8H2,1H3;1H/t9?,10-;/m0./s1. The molecule has 1 saturated heterocycles. The van der Waals surface area contributed by atoms with Gasteiger partial charge >= 0.3 is 0 Å². The number of thiophene rings is 1. The number of nitrogens with one attached hydrogen (secondary N) is 1. The number of hydrogen-bond donors (Lipinski definition) is 1. The van der Waals surface area contributed by atoms with E-state index in [0.29, 0.717) is 6.10 Å². The van der Waals surface area contributed by atoms with E-state index in [1.165, 1.54) is 17.7 Å². The Kier molecular flexibility index (Phi) is 5.61. The molecule has 2 rings (SSSR count). The monoisotopic (exact) mass is 247 g/mol. The molecule has 0 aliphatic carbocycles. The highest BCUT2D eigenvalue weighted by Gasteiger charge is 2.17. The van der Waals surface area contributed by atoms with Gasteiger partial charge in [-0.05, 0) is 37.8 Å². The maximum Gasteiger partial charge on any atom is 0.0893 e. The van der Waals surface area contributed by atoms with E-state index >= 15 is 0 Å². The summed E-state index contributed by atoms with van der Waals surface area (Å²) in [5.41, 5.74) is 0. The maximum absolute atomic E-state index is 5.98. The summed E-state index contributed by atoms with van der Waals surface area (Å²) in [4.78, 5) is 1.33. The Labute approximate surface area is 101 Å². The predicted octanol–water partition coefficient (Wildman–Crippen LogP) is 3.00. The van der Waals surface area contributed by atoms with Crippen LogP contribution in [0, 0.1) is 0 Å². The zero-order chi connectivity index (χ0) is 9.80. The van der Waals surface area contributed by atoms with Gasteiger partial charge in [0.1, 0.15) is 0 Å². The van der Waals surface area contributed by atoms with Gasteiger partial charge < -0.3 is 10.1 Å². The Morgan fingerprint density at radius 2 is 2.47 bits per heavy atom. The van der Waals surface area contributed by atoms with Gasteiger partial charge in [-0.15, -0.1) is 23.7 Å². The first kappa shape index (κ1) is 13.0. The van der Waals surface area contributed by atoms with Crippen LogP contribution in [-0.2, 0) is 4.74 Å². The Balaban J connectivity index is 0.00000112. The number of halogens is 1. The lowest BCUT2D eigenvalue weighted by atomic mass is 10.1. The third kappa shape index (κ3) is 3.76. The molecule has 0 aromatic carbocycles. The maximum atomic E-state index is 5.98. The van der Waals surface area contributed by atoms with Crippen LogP contribution in [0.5, 0.6) is 0 Å². The molecule has 1 aromatic heterocycles. The van der Waals surface area contributed by atoms with Crippen molar-refractivity contribution in [3.63, 3.8) is 0 Å². The van der Waals surface area contributed by atoms with Gasteiger partial charge in [-0.3, -0.25) is 0 Å². The lowest BCUT2D eigenvalue weighted by Crippen LogP contribution is -2.35. The fourth-order valence-corrected chi connectivity index (χ4v) is 2.53. The molecule has 4 heteroatoms. The molecule has 2 heterocycles. The fraction of sp³-hybridized carbons (Fsp3) is 0.636. The minimum atomic E-state index is 0. The molecule has 1 N–H and O–H groups in total. The minimum Gasteiger partial charge on any atom is -0.368 e. The Morgan fingerprint density at radius 1 is 1.60 bits per heavy atom. The molecule has 86 valence electrons. The van der Waals surface area contributed by atoms with E-state index in [0.717, 1.165) is 13.1 Å². The van der Waals surface area contributed by atoms with Gasteiger partial charge in [0.25, 0.3) is 0 Å². The summed E-state index contributed by atoms with van der Waals surface area (Å²) in [6, 6.07) is 4.23. The van der Waals surface area contributed by atoms with Gasteiger partial charge in [0.15, 0.2) is 0 Å². The second-order valence-corrected chi connectivity index (χ2v) is 4.74.